The highest BCUT2D eigenvalue weighted by molar-refractivity contribution is 5.95. The molecule has 0 aromatic heterocycles. The smallest absolute Gasteiger partial charge is 0.251 e. The normalized spacial score (nSPS) is 11.7. The summed E-state index contributed by atoms with van der Waals surface area (Å²) < 4.78 is 17.8. The van der Waals surface area contributed by atoms with Crippen molar-refractivity contribution < 1.29 is 23.8 Å². The Bertz CT molecular complexity index is 464. The van der Waals surface area contributed by atoms with Crippen LogP contribution in [0.5, 0.6) is 5.75 Å². The number of nitrogens with two attached hydrogens (primary N) is 1. The summed E-state index contributed by atoms with van der Waals surface area (Å²) in [5.41, 5.74) is 4.96. The lowest BCUT2D eigenvalue weighted by molar-refractivity contribution is -0.125. The number of aliphatic hydroxyl groups excluding tert-OH is 1. The van der Waals surface area contributed by atoms with Crippen LogP contribution in [0.25, 0.3) is 0 Å². The first-order chi connectivity index (χ1) is 8.45. The lowest BCUT2D eigenvalue weighted by Crippen LogP contribution is -2.39. The standard InChI is InChI=1S/C11H13FN2O4/c1-18-9-4-6(2-3-7(9)12)11(17)14-5-8(15)10(13)16/h2-4,8,15H,5H2,1H3,(H2,13,16)(H,14,17). The van der Waals surface area contributed by atoms with E-state index in [-0.39, 0.29) is 17.9 Å². The number of ether oxygens (including phenoxy) is 1. The number of primary amides is 1. The van der Waals surface area contributed by atoms with Crippen molar-refractivity contribution in [3.05, 3.63) is 29.6 Å². The lowest BCUT2D eigenvalue weighted by Gasteiger charge is -2.09. The number of hydrogen-bond donors (Lipinski definition) is 3. The third-order valence-corrected chi connectivity index (χ3v) is 2.20. The van der Waals surface area contributed by atoms with E-state index in [2.05, 4.69) is 5.32 Å². The maximum absolute atomic E-state index is 13.1. The molecule has 0 heterocycles. The zero-order chi connectivity index (χ0) is 13.7. The van der Waals surface area contributed by atoms with Crippen molar-refractivity contribution in [2.75, 3.05) is 13.7 Å². The van der Waals surface area contributed by atoms with E-state index in [1.165, 1.54) is 19.2 Å². The van der Waals surface area contributed by atoms with Crippen LogP contribution in [-0.2, 0) is 4.79 Å². The van der Waals surface area contributed by atoms with Crippen LogP contribution in [0.4, 0.5) is 4.39 Å². The molecule has 0 saturated heterocycles. The van der Waals surface area contributed by atoms with E-state index >= 15 is 0 Å². The van der Waals surface area contributed by atoms with Gasteiger partial charge in [0.05, 0.1) is 13.7 Å². The van der Waals surface area contributed by atoms with Crippen molar-refractivity contribution in [3.8, 4) is 5.75 Å². The number of carbonyl (C=O) groups is 2. The molecule has 0 radical (unpaired) electrons. The molecule has 1 rings (SSSR count). The summed E-state index contributed by atoms with van der Waals surface area (Å²) in [6.45, 7) is -0.312. The number of rotatable bonds is 5. The zero-order valence-corrected chi connectivity index (χ0v) is 9.64. The SMILES string of the molecule is COc1cc(C(=O)NCC(O)C(N)=O)ccc1F. The first-order valence-electron chi connectivity index (χ1n) is 5.04. The molecule has 1 aromatic rings. The van der Waals surface area contributed by atoms with Gasteiger partial charge in [0.2, 0.25) is 5.91 Å². The Hall–Kier alpha value is -2.15. The number of nitrogens with one attached hydrogen (secondary N) is 1. The maximum atomic E-state index is 13.1. The molecule has 0 fully saturated rings. The van der Waals surface area contributed by atoms with Gasteiger partial charge >= 0.3 is 0 Å². The average molecular weight is 256 g/mol. The van der Waals surface area contributed by atoms with E-state index in [4.69, 9.17) is 15.6 Å². The summed E-state index contributed by atoms with van der Waals surface area (Å²) >= 11 is 0. The van der Waals surface area contributed by atoms with Gasteiger partial charge in [0.25, 0.3) is 5.91 Å². The number of amides is 2. The molecule has 0 bridgehead atoms. The molecule has 18 heavy (non-hydrogen) atoms. The van der Waals surface area contributed by atoms with Gasteiger partial charge in [-0.15, -0.1) is 0 Å². The number of methoxy groups -OCH3 is 1. The quantitative estimate of drug-likeness (QED) is 0.655. The average Bonchev–Trinajstić information content (AvgIpc) is 2.35. The van der Waals surface area contributed by atoms with Crippen LogP contribution < -0.4 is 15.8 Å². The van der Waals surface area contributed by atoms with Gasteiger partial charge in [-0.2, -0.15) is 0 Å². The van der Waals surface area contributed by atoms with Gasteiger partial charge in [-0.25, -0.2) is 4.39 Å². The number of carbonyl (C=O) groups excluding carboxylic acids is 2. The van der Waals surface area contributed by atoms with E-state index in [1.54, 1.807) is 0 Å². The van der Waals surface area contributed by atoms with Crippen molar-refractivity contribution in [2.24, 2.45) is 5.73 Å². The largest absolute Gasteiger partial charge is 0.494 e. The minimum Gasteiger partial charge on any atom is -0.494 e. The van der Waals surface area contributed by atoms with Crippen LogP contribution in [0.15, 0.2) is 18.2 Å². The van der Waals surface area contributed by atoms with Crippen LogP contribution in [0.1, 0.15) is 10.4 Å². The van der Waals surface area contributed by atoms with Crippen LogP contribution in [-0.4, -0.2) is 36.7 Å². The summed E-state index contributed by atoms with van der Waals surface area (Å²) in [6.07, 6.45) is -1.46. The number of benzene rings is 1. The van der Waals surface area contributed by atoms with Gasteiger partial charge in [-0.05, 0) is 18.2 Å². The highest BCUT2D eigenvalue weighted by Crippen LogP contribution is 2.17. The van der Waals surface area contributed by atoms with Crippen molar-refractivity contribution >= 4 is 11.8 Å². The van der Waals surface area contributed by atoms with Crippen molar-refractivity contribution in [3.63, 3.8) is 0 Å². The Morgan fingerprint density at radius 3 is 2.78 bits per heavy atom. The highest BCUT2D eigenvalue weighted by Gasteiger charge is 2.14. The molecule has 6 nitrogen and oxygen atoms in total. The molecule has 0 spiro atoms. The molecule has 1 unspecified atom stereocenters. The second kappa shape index (κ2) is 5.97. The number of halogens is 1. The van der Waals surface area contributed by atoms with E-state index in [0.29, 0.717) is 0 Å². The van der Waals surface area contributed by atoms with E-state index in [9.17, 15) is 14.0 Å². The zero-order valence-electron chi connectivity index (χ0n) is 9.64. The second-order valence-corrected chi connectivity index (χ2v) is 3.48. The Morgan fingerprint density at radius 2 is 2.22 bits per heavy atom. The molecule has 1 atom stereocenters. The monoisotopic (exact) mass is 256 g/mol. The first kappa shape index (κ1) is 13.9. The van der Waals surface area contributed by atoms with Crippen LogP contribution >= 0.6 is 0 Å². The van der Waals surface area contributed by atoms with Gasteiger partial charge in [-0.1, -0.05) is 0 Å². The summed E-state index contributed by atoms with van der Waals surface area (Å²) in [5, 5.41) is 11.4. The molecule has 0 aliphatic rings. The summed E-state index contributed by atoms with van der Waals surface area (Å²) in [5.74, 6) is -2.18. The maximum Gasteiger partial charge on any atom is 0.251 e. The van der Waals surface area contributed by atoms with Crippen molar-refractivity contribution in [1.29, 1.82) is 0 Å². The molecule has 1 aromatic carbocycles. The molecular weight excluding hydrogens is 243 g/mol. The summed E-state index contributed by atoms with van der Waals surface area (Å²) in [4.78, 5) is 22.1. The number of hydrogen-bond acceptors (Lipinski definition) is 4. The lowest BCUT2D eigenvalue weighted by atomic mass is 10.2. The minimum atomic E-state index is -1.46. The third kappa shape index (κ3) is 3.42. The van der Waals surface area contributed by atoms with E-state index < -0.39 is 23.7 Å². The van der Waals surface area contributed by atoms with Gasteiger partial charge < -0.3 is 20.9 Å². The second-order valence-electron chi connectivity index (χ2n) is 3.48. The van der Waals surface area contributed by atoms with Crippen LogP contribution in [0.2, 0.25) is 0 Å². The Balaban J connectivity index is 2.70. The molecule has 0 aliphatic heterocycles. The van der Waals surface area contributed by atoms with Crippen LogP contribution in [0.3, 0.4) is 0 Å². The Labute approximate surface area is 103 Å². The van der Waals surface area contributed by atoms with Crippen molar-refractivity contribution in [2.45, 2.75) is 6.10 Å². The van der Waals surface area contributed by atoms with Crippen molar-refractivity contribution in [1.82, 2.24) is 5.32 Å². The number of aliphatic hydroxyl groups is 1. The Morgan fingerprint density at radius 1 is 1.56 bits per heavy atom. The fourth-order valence-corrected chi connectivity index (χ4v) is 1.19. The highest BCUT2D eigenvalue weighted by atomic mass is 19.1. The molecule has 7 heteroatoms. The predicted octanol–water partition coefficient (Wildman–Crippen LogP) is -0.590. The molecule has 98 valence electrons. The summed E-state index contributed by atoms with van der Waals surface area (Å²) in [7, 11) is 1.27. The van der Waals surface area contributed by atoms with Crippen LogP contribution in [0, 0.1) is 5.82 Å². The van der Waals surface area contributed by atoms with E-state index in [0.717, 1.165) is 6.07 Å². The molecule has 0 saturated carbocycles. The Kier molecular flexibility index (Phi) is 4.61. The fraction of sp³-hybridized carbons (Fsp3) is 0.273. The third-order valence-electron chi connectivity index (χ3n) is 2.20. The minimum absolute atomic E-state index is 0.0712. The first-order valence-corrected chi connectivity index (χ1v) is 5.04. The molecule has 0 aliphatic carbocycles. The van der Waals surface area contributed by atoms with Gasteiger partial charge in [-0.3, -0.25) is 9.59 Å². The van der Waals surface area contributed by atoms with Gasteiger partial charge in [0, 0.05) is 5.56 Å². The molecule has 2 amide bonds. The van der Waals surface area contributed by atoms with Gasteiger partial charge in [0.1, 0.15) is 6.10 Å². The molecule has 4 N–H and O–H groups in total. The topological polar surface area (TPSA) is 102 Å². The van der Waals surface area contributed by atoms with E-state index in [1.807, 2.05) is 0 Å². The molecular formula is C11H13FN2O4. The van der Waals surface area contributed by atoms with Gasteiger partial charge in [0.15, 0.2) is 11.6 Å². The summed E-state index contributed by atoms with van der Waals surface area (Å²) in [6, 6.07) is 3.55. The predicted molar refractivity (Wildman–Crippen MR) is 60.5 cm³/mol. The fourth-order valence-electron chi connectivity index (χ4n) is 1.19.